The van der Waals surface area contributed by atoms with Crippen molar-refractivity contribution in [2.45, 2.75) is 103 Å². The van der Waals surface area contributed by atoms with Gasteiger partial charge in [0.15, 0.2) is 0 Å². The molecule has 1 fully saturated rings. The van der Waals surface area contributed by atoms with Crippen LogP contribution in [0.2, 0.25) is 0 Å². The third kappa shape index (κ3) is 14.3. The van der Waals surface area contributed by atoms with E-state index in [9.17, 15) is 4.79 Å². The molecule has 0 bridgehead atoms. The molecule has 1 saturated carbocycles. The quantitative estimate of drug-likeness (QED) is 0.273. The van der Waals surface area contributed by atoms with Gasteiger partial charge in [0.1, 0.15) is 6.10 Å². The average molecular weight is 357 g/mol. The van der Waals surface area contributed by atoms with Gasteiger partial charge in [0, 0.05) is 19.6 Å². The normalized spacial score (nSPS) is 15.4. The van der Waals surface area contributed by atoms with Crippen molar-refractivity contribution in [1.29, 1.82) is 0 Å². The topological polar surface area (TPSA) is 44.8 Å². The number of ether oxygens (including phenoxy) is 3. The van der Waals surface area contributed by atoms with Gasteiger partial charge in [-0.15, -0.1) is 0 Å². The first-order valence-electron chi connectivity index (χ1n) is 10.7. The molecule has 0 aromatic carbocycles. The number of rotatable bonds is 16. The van der Waals surface area contributed by atoms with E-state index in [1.165, 1.54) is 57.8 Å². The van der Waals surface area contributed by atoms with Gasteiger partial charge >= 0.3 is 5.97 Å². The Labute approximate surface area is 155 Å². The van der Waals surface area contributed by atoms with Crippen LogP contribution >= 0.6 is 0 Å². The number of unbranched alkanes of at least 4 members (excludes halogenated alkanes) is 6. The molecule has 0 N–H and O–H groups in total. The highest BCUT2D eigenvalue weighted by Crippen LogP contribution is 2.20. The summed E-state index contributed by atoms with van der Waals surface area (Å²) in [6, 6.07) is 0. The molecule has 0 spiro atoms. The Morgan fingerprint density at radius 2 is 1.36 bits per heavy atom. The summed E-state index contributed by atoms with van der Waals surface area (Å²) in [5.74, 6) is -0.0642. The number of carbonyl (C=O) groups is 1. The first kappa shape index (κ1) is 22.4. The molecule has 0 unspecified atom stereocenters. The van der Waals surface area contributed by atoms with Crippen LogP contribution in [0.3, 0.4) is 0 Å². The number of carbonyl (C=O) groups excluding carboxylic acids is 1. The van der Waals surface area contributed by atoms with Crippen molar-refractivity contribution in [3.8, 4) is 0 Å². The molecule has 25 heavy (non-hydrogen) atoms. The molecule has 1 aliphatic rings. The van der Waals surface area contributed by atoms with E-state index < -0.39 is 0 Å². The van der Waals surface area contributed by atoms with Crippen molar-refractivity contribution >= 4 is 5.97 Å². The Morgan fingerprint density at radius 1 is 0.760 bits per heavy atom. The first-order valence-corrected chi connectivity index (χ1v) is 10.7. The molecular weight excluding hydrogens is 316 g/mol. The molecule has 1 aliphatic carbocycles. The van der Waals surface area contributed by atoms with Crippen LogP contribution in [-0.4, -0.2) is 38.5 Å². The van der Waals surface area contributed by atoms with Crippen molar-refractivity contribution < 1.29 is 19.0 Å². The maximum Gasteiger partial charge on any atom is 0.306 e. The predicted octanol–water partition coefficient (Wildman–Crippen LogP) is 5.43. The molecule has 0 heterocycles. The van der Waals surface area contributed by atoms with Crippen molar-refractivity contribution in [3.63, 3.8) is 0 Å². The first-order chi connectivity index (χ1) is 12.3. The maximum atomic E-state index is 11.7. The predicted molar refractivity (Wildman–Crippen MR) is 102 cm³/mol. The van der Waals surface area contributed by atoms with Gasteiger partial charge in [0.05, 0.1) is 13.2 Å². The number of esters is 1. The molecule has 0 radical (unpaired) electrons. The summed E-state index contributed by atoms with van der Waals surface area (Å²) in [6.45, 7) is 4.97. The van der Waals surface area contributed by atoms with E-state index in [4.69, 9.17) is 14.2 Å². The van der Waals surface area contributed by atoms with E-state index in [0.29, 0.717) is 26.2 Å². The summed E-state index contributed by atoms with van der Waals surface area (Å²) in [5, 5.41) is 0. The Bertz CT molecular complexity index is 300. The van der Waals surface area contributed by atoms with E-state index in [1.807, 2.05) is 0 Å². The highest BCUT2D eigenvalue weighted by molar-refractivity contribution is 5.69. The van der Waals surface area contributed by atoms with Crippen LogP contribution in [0.15, 0.2) is 0 Å². The lowest BCUT2D eigenvalue weighted by molar-refractivity contribution is -0.150. The molecule has 0 aromatic rings. The maximum absolute atomic E-state index is 11.7. The van der Waals surface area contributed by atoms with Gasteiger partial charge < -0.3 is 14.2 Å². The SMILES string of the molecule is CCCCCCCCCOCCOCCCC(=O)OC1CCCCC1. The monoisotopic (exact) mass is 356 g/mol. The second kappa shape index (κ2) is 16.8. The van der Waals surface area contributed by atoms with Crippen LogP contribution in [0.1, 0.15) is 96.8 Å². The van der Waals surface area contributed by atoms with Crippen molar-refractivity contribution in [2.75, 3.05) is 26.4 Å². The van der Waals surface area contributed by atoms with E-state index in [0.717, 1.165) is 32.3 Å². The van der Waals surface area contributed by atoms with E-state index in [2.05, 4.69) is 6.92 Å². The van der Waals surface area contributed by atoms with Crippen LogP contribution in [0.25, 0.3) is 0 Å². The van der Waals surface area contributed by atoms with Crippen LogP contribution in [0.5, 0.6) is 0 Å². The highest BCUT2D eigenvalue weighted by atomic mass is 16.5. The zero-order chi connectivity index (χ0) is 18.0. The smallest absolute Gasteiger partial charge is 0.306 e. The van der Waals surface area contributed by atoms with Crippen LogP contribution in [0, 0.1) is 0 Å². The molecule has 1 rings (SSSR count). The third-order valence-electron chi connectivity index (χ3n) is 4.78. The zero-order valence-corrected chi connectivity index (χ0v) is 16.4. The van der Waals surface area contributed by atoms with Gasteiger partial charge in [-0.05, 0) is 38.5 Å². The molecule has 0 aromatic heterocycles. The average Bonchev–Trinajstić information content (AvgIpc) is 2.63. The van der Waals surface area contributed by atoms with Crippen molar-refractivity contribution in [1.82, 2.24) is 0 Å². The van der Waals surface area contributed by atoms with Gasteiger partial charge in [0.2, 0.25) is 0 Å². The zero-order valence-electron chi connectivity index (χ0n) is 16.4. The second-order valence-electron chi connectivity index (χ2n) is 7.20. The van der Waals surface area contributed by atoms with Crippen molar-refractivity contribution in [2.24, 2.45) is 0 Å². The van der Waals surface area contributed by atoms with Crippen LogP contribution in [-0.2, 0) is 19.0 Å². The lowest BCUT2D eigenvalue weighted by Crippen LogP contribution is -2.21. The minimum absolute atomic E-state index is 0.0642. The molecule has 4 nitrogen and oxygen atoms in total. The van der Waals surface area contributed by atoms with E-state index >= 15 is 0 Å². The fourth-order valence-corrected chi connectivity index (χ4v) is 3.23. The van der Waals surface area contributed by atoms with Gasteiger partial charge in [-0.25, -0.2) is 0 Å². The minimum atomic E-state index is -0.0642. The van der Waals surface area contributed by atoms with Crippen LogP contribution in [0.4, 0.5) is 0 Å². The fourth-order valence-electron chi connectivity index (χ4n) is 3.23. The number of hydrogen-bond donors (Lipinski definition) is 0. The van der Waals surface area contributed by atoms with E-state index in [1.54, 1.807) is 0 Å². The Morgan fingerprint density at radius 3 is 2.04 bits per heavy atom. The lowest BCUT2D eigenvalue weighted by Gasteiger charge is -2.21. The molecule has 0 atom stereocenters. The summed E-state index contributed by atoms with van der Waals surface area (Å²) in [6.07, 6.45) is 16.3. The summed E-state index contributed by atoms with van der Waals surface area (Å²) in [7, 11) is 0. The fraction of sp³-hybridized carbons (Fsp3) is 0.952. The molecule has 0 aliphatic heterocycles. The van der Waals surface area contributed by atoms with E-state index in [-0.39, 0.29) is 12.1 Å². The summed E-state index contributed by atoms with van der Waals surface area (Å²) in [5.41, 5.74) is 0. The summed E-state index contributed by atoms with van der Waals surface area (Å²) >= 11 is 0. The Kier molecular flexibility index (Phi) is 15.1. The largest absolute Gasteiger partial charge is 0.462 e. The number of hydrogen-bond acceptors (Lipinski definition) is 4. The summed E-state index contributed by atoms with van der Waals surface area (Å²) in [4.78, 5) is 11.7. The van der Waals surface area contributed by atoms with Gasteiger partial charge in [0.25, 0.3) is 0 Å². The highest BCUT2D eigenvalue weighted by Gasteiger charge is 2.17. The summed E-state index contributed by atoms with van der Waals surface area (Å²) < 4.78 is 16.6. The second-order valence-corrected chi connectivity index (χ2v) is 7.20. The lowest BCUT2D eigenvalue weighted by atomic mass is 9.98. The molecule has 148 valence electrons. The van der Waals surface area contributed by atoms with Gasteiger partial charge in [-0.1, -0.05) is 51.9 Å². The van der Waals surface area contributed by atoms with Crippen LogP contribution < -0.4 is 0 Å². The van der Waals surface area contributed by atoms with Gasteiger partial charge in [-0.2, -0.15) is 0 Å². The molecule has 0 amide bonds. The molecular formula is C21H40O4. The standard InChI is InChI=1S/C21H40O4/c1-2-3-4-5-6-7-11-16-23-18-19-24-17-12-15-21(22)25-20-13-9-8-10-14-20/h20H,2-19H2,1H3. The third-order valence-corrected chi connectivity index (χ3v) is 4.78. The molecule has 0 saturated heterocycles. The Hall–Kier alpha value is -0.610. The minimum Gasteiger partial charge on any atom is -0.462 e. The molecule has 4 heteroatoms. The van der Waals surface area contributed by atoms with Gasteiger partial charge in [-0.3, -0.25) is 4.79 Å². The Balaban J connectivity index is 1.74. The van der Waals surface area contributed by atoms with Crippen molar-refractivity contribution in [3.05, 3.63) is 0 Å².